The van der Waals surface area contributed by atoms with E-state index >= 15 is 0 Å². The molecule has 1 amide bonds. The minimum absolute atomic E-state index is 0.283. The zero-order chi connectivity index (χ0) is 13.9. The van der Waals surface area contributed by atoms with Gasteiger partial charge < -0.3 is 10.6 Å². The van der Waals surface area contributed by atoms with Gasteiger partial charge in [-0.25, -0.2) is 0 Å². The lowest BCUT2D eigenvalue weighted by Gasteiger charge is -2.32. The smallest absolute Gasteiger partial charge is 0.225 e. The number of hydrogen-bond acceptors (Lipinski definition) is 3. The van der Waals surface area contributed by atoms with Gasteiger partial charge in [-0.1, -0.05) is 0 Å². The number of carbonyl (C=O) groups is 1. The fourth-order valence-corrected chi connectivity index (χ4v) is 4.31. The first kappa shape index (κ1) is 14.3. The molecule has 0 radical (unpaired) electrons. The Bertz CT molecular complexity index is 339. The van der Waals surface area contributed by atoms with Crippen molar-refractivity contribution >= 4 is 5.91 Å². The molecule has 2 saturated heterocycles. The molecule has 1 unspecified atom stereocenters. The highest BCUT2D eigenvalue weighted by molar-refractivity contribution is 5.79. The molecule has 2 heterocycles. The van der Waals surface area contributed by atoms with Crippen LogP contribution >= 0.6 is 0 Å². The number of rotatable bonds is 2. The van der Waals surface area contributed by atoms with Crippen molar-refractivity contribution in [2.75, 3.05) is 32.7 Å². The summed E-state index contributed by atoms with van der Waals surface area (Å²) in [5, 5.41) is 0. The molecule has 2 N–H and O–H groups in total. The maximum absolute atomic E-state index is 12.8. The maximum atomic E-state index is 12.8. The second kappa shape index (κ2) is 6.44. The van der Waals surface area contributed by atoms with E-state index in [9.17, 15) is 4.79 Å². The molecule has 1 saturated carbocycles. The van der Waals surface area contributed by atoms with Crippen LogP contribution in [0.5, 0.6) is 0 Å². The summed E-state index contributed by atoms with van der Waals surface area (Å²) in [5.74, 6) is 1.38. The molecule has 0 aromatic carbocycles. The summed E-state index contributed by atoms with van der Waals surface area (Å²) < 4.78 is 0. The quantitative estimate of drug-likeness (QED) is 0.832. The summed E-state index contributed by atoms with van der Waals surface area (Å²) in [6, 6.07) is 0.641. The van der Waals surface area contributed by atoms with Crippen molar-refractivity contribution in [3.63, 3.8) is 0 Å². The zero-order valence-electron chi connectivity index (χ0n) is 12.6. The average molecular weight is 279 g/mol. The Kier molecular flexibility index (Phi) is 4.61. The van der Waals surface area contributed by atoms with Crippen molar-refractivity contribution in [2.24, 2.45) is 17.6 Å². The Morgan fingerprint density at radius 3 is 2.50 bits per heavy atom. The maximum Gasteiger partial charge on any atom is 0.225 e. The topological polar surface area (TPSA) is 49.6 Å². The van der Waals surface area contributed by atoms with Crippen LogP contribution in [-0.2, 0) is 4.79 Å². The fraction of sp³-hybridized carbons (Fsp3) is 0.938. The van der Waals surface area contributed by atoms with Crippen LogP contribution in [0.3, 0.4) is 0 Å². The molecule has 3 fully saturated rings. The zero-order valence-corrected chi connectivity index (χ0v) is 12.6. The number of hydrogen-bond donors (Lipinski definition) is 1. The van der Waals surface area contributed by atoms with Crippen molar-refractivity contribution in [3.8, 4) is 0 Å². The monoisotopic (exact) mass is 279 g/mol. The van der Waals surface area contributed by atoms with E-state index in [1.807, 2.05) is 0 Å². The summed E-state index contributed by atoms with van der Waals surface area (Å²) in [7, 11) is 0. The fourth-order valence-electron chi connectivity index (χ4n) is 4.31. The van der Waals surface area contributed by atoms with Gasteiger partial charge in [0, 0.05) is 31.6 Å². The summed E-state index contributed by atoms with van der Waals surface area (Å²) in [5.41, 5.74) is 5.75. The highest BCUT2D eigenvalue weighted by Crippen LogP contribution is 2.30. The second-order valence-corrected chi connectivity index (χ2v) is 6.92. The van der Waals surface area contributed by atoms with Crippen molar-refractivity contribution in [1.82, 2.24) is 9.80 Å². The van der Waals surface area contributed by atoms with E-state index < -0.39 is 0 Å². The Balaban J connectivity index is 1.56. The van der Waals surface area contributed by atoms with Gasteiger partial charge in [0.15, 0.2) is 0 Å². The van der Waals surface area contributed by atoms with E-state index in [1.54, 1.807) is 0 Å². The lowest BCUT2D eigenvalue weighted by molar-refractivity contribution is -0.137. The molecule has 1 atom stereocenters. The van der Waals surface area contributed by atoms with Crippen LogP contribution in [0.15, 0.2) is 0 Å². The first-order chi connectivity index (χ1) is 9.78. The van der Waals surface area contributed by atoms with Crippen LogP contribution in [0.25, 0.3) is 0 Å². The highest BCUT2D eigenvalue weighted by Gasteiger charge is 2.34. The standard InChI is InChI=1S/C16H29N3O/c17-11-13-4-6-14(7-5-13)16(20)19-10-2-9-18-8-1-3-15(18)12-19/h13-15H,1-12,17H2. The van der Waals surface area contributed by atoms with Gasteiger partial charge in [-0.2, -0.15) is 0 Å². The van der Waals surface area contributed by atoms with Gasteiger partial charge in [0.25, 0.3) is 0 Å². The van der Waals surface area contributed by atoms with Gasteiger partial charge in [0.05, 0.1) is 0 Å². The number of amides is 1. The highest BCUT2D eigenvalue weighted by atomic mass is 16.2. The van der Waals surface area contributed by atoms with Crippen molar-refractivity contribution < 1.29 is 4.79 Å². The average Bonchev–Trinajstić information content (AvgIpc) is 2.83. The minimum atomic E-state index is 0.283. The summed E-state index contributed by atoms with van der Waals surface area (Å²) in [4.78, 5) is 17.5. The first-order valence-electron chi connectivity index (χ1n) is 8.51. The first-order valence-corrected chi connectivity index (χ1v) is 8.51. The van der Waals surface area contributed by atoms with E-state index in [-0.39, 0.29) is 5.92 Å². The van der Waals surface area contributed by atoms with Gasteiger partial charge in [-0.05, 0) is 64.0 Å². The third-order valence-corrected chi connectivity index (χ3v) is 5.64. The Morgan fingerprint density at radius 1 is 1.00 bits per heavy atom. The van der Waals surface area contributed by atoms with Crippen molar-refractivity contribution in [3.05, 3.63) is 0 Å². The number of carbonyl (C=O) groups excluding carboxylic acids is 1. The van der Waals surface area contributed by atoms with Crippen molar-refractivity contribution in [2.45, 2.75) is 51.0 Å². The lowest BCUT2D eigenvalue weighted by Crippen LogP contribution is -2.43. The molecule has 114 valence electrons. The Hall–Kier alpha value is -0.610. The Morgan fingerprint density at radius 2 is 1.75 bits per heavy atom. The van der Waals surface area contributed by atoms with E-state index in [1.165, 1.54) is 25.9 Å². The molecule has 0 aromatic rings. The third-order valence-electron chi connectivity index (χ3n) is 5.64. The van der Waals surface area contributed by atoms with Gasteiger partial charge >= 0.3 is 0 Å². The SMILES string of the molecule is NCC1CCC(C(=O)N2CCCN3CCCC3C2)CC1. The molecular formula is C16H29N3O. The van der Waals surface area contributed by atoms with Crippen molar-refractivity contribution in [1.29, 1.82) is 0 Å². The van der Waals surface area contributed by atoms with Gasteiger partial charge in [-0.3, -0.25) is 9.69 Å². The third kappa shape index (κ3) is 3.01. The summed E-state index contributed by atoms with van der Waals surface area (Å²) in [6.45, 7) is 5.18. The Labute approximate surface area is 122 Å². The number of nitrogens with two attached hydrogens (primary N) is 1. The molecule has 0 bridgehead atoms. The summed E-state index contributed by atoms with van der Waals surface area (Å²) >= 11 is 0. The molecule has 1 aliphatic carbocycles. The molecular weight excluding hydrogens is 250 g/mol. The van der Waals surface area contributed by atoms with E-state index in [0.717, 1.165) is 51.7 Å². The van der Waals surface area contributed by atoms with Crippen LogP contribution < -0.4 is 5.73 Å². The second-order valence-electron chi connectivity index (χ2n) is 6.92. The molecule has 0 aromatic heterocycles. The van der Waals surface area contributed by atoms with Gasteiger partial charge in [0.2, 0.25) is 5.91 Å². The van der Waals surface area contributed by atoms with Gasteiger partial charge in [-0.15, -0.1) is 0 Å². The summed E-state index contributed by atoms with van der Waals surface area (Å²) in [6.07, 6.45) is 8.17. The molecule has 2 aliphatic heterocycles. The van der Waals surface area contributed by atoms with Crippen LogP contribution in [0.4, 0.5) is 0 Å². The molecule has 3 aliphatic rings. The van der Waals surface area contributed by atoms with E-state index in [2.05, 4.69) is 9.80 Å². The van der Waals surface area contributed by atoms with E-state index in [4.69, 9.17) is 5.73 Å². The van der Waals surface area contributed by atoms with Crippen LogP contribution in [0.2, 0.25) is 0 Å². The lowest BCUT2D eigenvalue weighted by atomic mass is 9.81. The van der Waals surface area contributed by atoms with Gasteiger partial charge in [0.1, 0.15) is 0 Å². The van der Waals surface area contributed by atoms with Crippen LogP contribution in [0.1, 0.15) is 44.9 Å². The predicted molar refractivity (Wildman–Crippen MR) is 80.3 cm³/mol. The molecule has 3 rings (SSSR count). The molecule has 20 heavy (non-hydrogen) atoms. The minimum Gasteiger partial charge on any atom is -0.341 e. The largest absolute Gasteiger partial charge is 0.341 e. The number of fused-ring (bicyclic) bond motifs is 1. The molecule has 4 heteroatoms. The number of nitrogens with zero attached hydrogens (tertiary/aromatic N) is 2. The molecule has 0 spiro atoms. The van der Waals surface area contributed by atoms with Crippen LogP contribution in [0, 0.1) is 11.8 Å². The van der Waals surface area contributed by atoms with Crippen LogP contribution in [-0.4, -0.2) is 54.5 Å². The predicted octanol–water partition coefficient (Wildman–Crippen LogP) is 1.45. The normalized spacial score (nSPS) is 35.6. The molecule has 4 nitrogen and oxygen atoms in total. The van der Waals surface area contributed by atoms with E-state index in [0.29, 0.717) is 17.9 Å².